The van der Waals surface area contributed by atoms with E-state index in [1.807, 2.05) is 111 Å². The van der Waals surface area contributed by atoms with Gasteiger partial charge in [0.25, 0.3) is 11.8 Å². The van der Waals surface area contributed by atoms with E-state index in [1.54, 1.807) is 36.0 Å². The van der Waals surface area contributed by atoms with E-state index in [2.05, 4.69) is 62.6 Å². The van der Waals surface area contributed by atoms with Crippen LogP contribution in [0, 0.1) is 11.8 Å². The maximum Gasteiger partial charge on any atom is 0.258 e. The van der Waals surface area contributed by atoms with E-state index in [9.17, 15) is 19.2 Å². The number of nitrogens with zero attached hydrogens (tertiary/aromatic N) is 2. The van der Waals surface area contributed by atoms with Crippen LogP contribution in [0.1, 0.15) is 99.1 Å². The highest BCUT2D eigenvalue weighted by atomic mass is 16.5. The summed E-state index contributed by atoms with van der Waals surface area (Å²) in [4.78, 5) is 57.1. The van der Waals surface area contributed by atoms with Crippen molar-refractivity contribution in [2.75, 3.05) is 14.1 Å². The Bertz CT molecular complexity index is 2030. The number of fused-ring (bicyclic) bond motifs is 2. The minimum Gasteiger partial charge on any atom is -0.490 e. The summed E-state index contributed by atoms with van der Waals surface area (Å²) in [7, 11) is 3.40. The number of para-hydroxylation sites is 2. The quantitative estimate of drug-likeness (QED) is 0.187. The summed E-state index contributed by atoms with van der Waals surface area (Å²) < 4.78 is 12.2. The first kappa shape index (κ1) is 48.9. The normalized spacial score (nSPS) is 23.7. The molecule has 4 aromatic rings. The summed E-state index contributed by atoms with van der Waals surface area (Å²) >= 11 is 0. The number of carbonyl (C=O) groups is 4. The third-order valence-corrected chi connectivity index (χ3v) is 11.9. The molecule has 2 aliphatic rings. The first-order valence-corrected chi connectivity index (χ1v) is 22.8. The lowest BCUT2D eigenvalue weighted by atomic mass is 9.98. The van der Waals surface area contributed by atoms with E-state index < -0.39 is 12.1 Å². The van der Waals surface area contributed by atoms with Crippen molar-refractivity contribution in [2.45, 2.75) is 116 Å². The Balaban J connectivity index is 0.000000241. The smallest absolute Gasteiger partial charge is 0.258 e. The van der Waals surface area contributed by atoms with Gasteiger partial charge in [0, 0.05) is 51.9 Å². The maximum atomic E-state index is 13.5. The Kier molecular flexibility index (Phi) is 18.4. The lowest BCUT2D eigenvalue weighted by Crippen LogP contribution is -2.52. The Morgan fingerprint density at radius 3 is 1.19 bits per heavy atom. The minimum atomic E-state index is -0.636. The van der Waals surface area contributed by atoms with Gasteiger partial charge >= 0.3 is 0 Å². The summed E-state index contributed by atoms with van der Waals surface area (Å²) in [6.07, 6.45) is 12.1. The van der Waals surface area contributed by atoms with Gasteiger partial charge in [-0.25, -0.2) is 0 Å². The molecule has 0 saturated carbocycles. The van der Waals surface area contributed by atoms with Crippen molar-refractivity contribution in [2.24, 2.45) is 11.8 Å². The molecule has 0 radical (unpaired) electrons. The molecule has 2 N–H and O–H groups in total. The van der Waals surface area contributed by atoms with Gasteiger partial charge in [-0.15, -0.1) is 0 Å². The second kappa shape index (κ2) is 24.1. The van der Waals surface area contributed by atoms with Crippen LogP contribution >= 0.6 is 0 Å². The molecule has 0 saturated heterocycles. The topological polar surface area (TPSA) is 117 Å². The number of carbonyl (C=O) groups excluding carboxylic acids is 4. The number of rotatable bonds is 6. The van der Waals surface area contributed by atoms with Crippen LogP contribution in [0.5, 0.6) is 11.5 Å². The summed E-state index contributed by atoms with van der Waals surface area (Å²) in [6, 6.07) is 32.9. The van der Waals surface area contributed by atoms with Crippen LogP contribution in [-0.4, -0.2) is 83.9 Å². The van der Waals surface area contributed by atoms with Gasteiger partial charge in [-0.05, 0) is 73.9 Å². The van der Waals surface area contributed by atoms with Gasteiger partial charge in [-0.2, -0.15) is 0 Å². The number of amides is 4. The molecule has 10 nitrogen and oxygen atoms in total. The third kappa shape index (κ3) is 13.9. The predicted molar refractivity (Wildman–Crippen MR) is 255 cm³/mol. The zero-order valence-corrected chi connectivity index (χ0v) is 38.9. The molecule has 4 amide bonds. The average Bonchev–Trinajstić information content (AvgIpc) is 3.29. The molecule has 6 atom stereocenters. The van der Waals surface area contributed by atoms with Crippen molar-refractivity contribution in [3.05, 3.63) is 156 Å². The van der Waals surface area contributed by atoms with Crippen molar-refractivity contribution in [3.63, 3.8) is 0 Å². The molecule has 64 heavy (non-hydrogen) atoms. The molecule has 10 heteroatoms. The van der Waals surface area contributed by atoms with Gasteiger partial charge in [0.1, 0.15) is 23.6 Å². The van der Waals surface area contributed by atoms with Gasteiger partial charge in [0.05, 0.1) is 23.3 Å². The Morgan fingerprint density at radius 1 is 0.500 bits per heavy atom. The molecular weight excluding hydrogens is 801 g/mol. The summed E-state index contributed by atoms with van der Waals surface area (Å²) in [5.41, 5.74) is 2.95. The zero-order chi connectivity index (χ0) is 46.2. The van der Waals surface area contributed by atoms with E-state index in [4.69, 9.17) is 9.47 Å². The fourth-order valence-electron chi connectivity index (χ4n) is 7.79. The molecule has 0 fully saturated rings. The standard InChI is InChI=1S/2C27H34N2O3/c2*1-19(2)23-16-10-8-12-20(3)32-25-17-11-9-15-22(25)27(31)29(4)24(26(30)28-23)18-21-13-6-5-7-14-21/h2*5-11,13-15,17,19-20,23-24H,12,16,18H2,1-4H3,(H,28,30)/b10-8+;10-8-/t2*20-,23+,24-/m11/s1. The van der Waals surface area contributed by atoms with Crippen molar-refractivity contribution < 1.29 is 28.7 Å². The van der Waals surface area contributed by atoms with Crippen molar-refractivity contribution in [1.29, 1.82) is 0 Å². The molecule has 4 aromatic carbocycles. The Hall–Kier alpha value is -6.16. The molecule has 0 bridgehead atoms. The zero-order valence-electron chi connectivity index (χ0n) is 38.9. The largest absolute Gasteiger partial charge is 0.490 e. The van der Waals surface area contributed by atoms with Crippen molar-refractivity contribution in [1.82, 2.24) is 20.4 Å². The van der Waals surface area contributed by atoms with Gasteiger partial charge in [-0.3, -0.25) is 19.2 Å². The predicted octanol–water partition coefficient (Wildman–Crippen LogP) is 9.26. The number of hydrogen-bond donors (Lipinski definition) is 2. The van der Waals surface area contributed by atoms with Gasteiger partial charge in [0.2, 0.25) is 11.8 Å². The minimum absolute atomic E-state index is 0.00743. The highest BCUT2D eigenvalue weighted by Crippen LogP contribution is 2.26. The fourth-order valence-corrected chi connectivity index (χ4v) is 7.79. The van der Waals surface area contributed by atoms with E-state index in [1.165, 1.54) is 0 Å². The number of benzene rings is 4. The van der Waals surface area contributed by atoms with Crippen LogP contribution in [0.2, 0.25) is 0 Å². The first-order chi connectivity index (χ1) is 30.7. The fraction of sp³-hybridized carbons (Fsp3) is 0.407. The Morgan fingerprint density at radius 2 is 0.828 bits per heavy atom. The van der Waals surface area contributed by atoms with Gasteiger partial charge < -0.3 is 29.9 Å². The highest BCUT2D eigenvalue weighted by Gasteiger charge is 2.33. The SMILES string of the molecule is CC(C)[C@@H]1C/C=C/C[C@@H](C)Oc2ccccc2C(=O)N(C)[C@H](Cc2ccccc2)C(=O)N1.CC(C)[C@@H]1C/C=C\C[C@@H](C)Oc2ccccc2C(=O)N(C)[C@H](Cc2ccccc2)C(=O)N1. The molecular formula is C54H68N4O6. The second-order valence-corrected chi connectivity index (χ2v) is 17.7. The van der Waals surface area contributed by atoms with Crippen LogP contribution in [-0.2, 0) is 22.4 Å². The Labute approximate surface area is 381 Å². The molecule has 0 unspecified atom stereocenters. The van der Waals surface area contributed by atoms with E-state index in [0.29, 0.717) is 35.5 Å². The number of ether oxygens (including phenoxy) is 2. The first-order valence-electron chi connectivity index (χ1n) is 22.8. The molecule has 0 spiro atoms. The summed E-state index contributed by atoms with van der Waals surface area (Å²) in [5, 5.41) is 6.42. The summed E-state index contributed by atoms with van der Waals surface area (Å²) in [5.74, 6) is 0.896. The molecule has 0 aromatic heterocycles. The van der Waals surface area contributed by atoms with Gasteiger partial charge in [-0.1, -0.05) is 137 Å². The van der Waals surface area contributed by atoms with Crippen LogP contribution < -0.4 is 20.1 Å². The lowest BCUT2D eigenvalue weighted by molar-refractivity contribution is -0.127. The molecule has 6 rings (SSSR count). The third-order valence-electron chi connectivity index (χ3n) is 11.9. The molecule has 2 heterocycles. The molecule has 340 valence electrons. The van der Waals surface area contributed by atoms with Crippen molar-refractivity contribution >= 4 is 23.6 Å². The molecule has 2 aliphatic heterocycles. The van der Waals surface area contributed by atoms with Crippen molar-refractivity contribution in [3.8, 4) is 11.5 Å². The molecule has 0 aliphatic carbocycles. The van der Waals surface area contributed by atoms with Crippen LogP contribution in [0.25, 0.3) is 0 Å². The number of likely N-dealkylation sites (N-methyl/N-ethyl adjacent to an activating group) is 2. The number of nitrogens with one attached hydrogen (secondary N) is 2. The highest BCUT2D eigenvalue weighted by molar-refractivity contribution is 6.00. The van der Waals surface area contributed by atoms with Crippen LogP contribution in [0.4, 0.5) is 0 Å². The summed E-state index contributed by atoms with van der Waals surface area (Å²) in [6.45, 7) is 12.4. The lowest BCUT2D eigenvalue weighted by Gasteiger charge is -2.31. The van der Waals surface area contributed by atoms with Crippen LogP contribution in [0.15, 0.2) is 133 Å². The monoisotopic (exact) mass is 869 g/mol. The van der Waals surface area contributed by atoms with Gasteiger partial charge in [0.15, 0.2) is 0 Å². The van der Waals surface area contributed by atoms with Crippen LogP contribution in [0.3, 0.4) is 0 Å². The maximum absolute atomic E-state index is 13.5. The number of hydrogen-bond acceptors (Lipinski definition) is 6. The van der Waals surface area contributed by atoms with E-state index >= 15 is 0 Å². The van der Waals surface area contributed by atoms with E-state index in [0.717, 1.165) is 36.8 Å². The average molecular weight is 869 g/mol. The van der Waals surface area contributed by atoms with E-state index in [-0.39, 0.29) is 59.8 Å². The second-order valence-electron chi connectivity index (χ2n) is 17.7.